The molecule has 0 radical (unpaired) electrons. The predicted molar refractivity (Wildman–Crippen MR) is 122 cm³/mol. The van der Waals surface area contributed by atoms with Gasteiger partial charge in [-0.05, 0) is 69.3 Å². The minimum Gasteiger partial charge on any atom is -0.350 e. The summed E-state index contributed by atoms with van der Waals surface area (Å²) in [5.74, 6) is -0.753. The van der Waals surface area contributed by atoms with Gasteiger partial charge in [-0.15, -0.1) is 0 Å². The van der Waals surface area contributed by atoms with Crippen LogP contribution in [0.25, 0.3) is 10.4 Å². The number of rotatable bonds is 4. The van der Waals surface area contributed by atoms with E-state index in [0.717, 1.165) is 22.3 Å². The van der Waals surface area contributed by atoms with Gasteiger partial charge < -0.3 is 10.2 Å². The molecule has 0 aliphatic carbocycles. The molecule has 7 heteroatoms. The minimum atomic E-state index is -0.897. The monoisotopic (exact) mass is 419 g/mol. The van der Waals surface area contributed by atoms with E-state index < -0.39 is 11.6 Å². The number of amides is 2. The van der Waals surface area contributed by atoms with Crippen molar-refractivity contribution in [1.82, 2.24) is 5.32 Å². The third-order valence-corrected chi connectivity index (χ3v) is 5.35. The zero-order valence-corrected chi connectivity index (χ0v) is 18.7. The number of azide groups is 1. The second-order valence-corrected chi connectivity index (χ2v) is 9.20. The van der Waals surface area contributed by atoms with Crippen LogP contribution in [0.3, 0.4) is 0 Å². The van der Waals surface area contributed by atoms with Crippen molar-refractivity contribution in [1.29, 1.82) is 0 Å². The Morgan fingerprint density at radius 3 is 2.42 bits per heavy atom. The molecule has 1 aliphatic rings. The molecule has 2 aromatic rings. The highest BCUT2D eigenvalue weighted by Crippen LogP contribution is 2.40. The van der Waals surface area contributed by atoms with Crippen molar-refractivity contribution in [2.24, 2.45) is 5.11 Å². The number of nitrogens with one attached hydrogen (secondary N) is 1. The van der Waals surface area contributed by atoms with E-state index in [1.165, 1.54) is 4.90 Å². The van der Waals surface area contributed by atoms with E-state index in [9.17, 15) is 9.59 Å². The molecule has 2 atom stereocenters. The summed E-state index contributed by atoms with van der Waals surface area (Å²) in [7, 11) is 0. The molecule has 0 saturated carbocycles. The molecule has 0 unspecified atom stereocenters. The molecule has 0 bridgehead atoms. The van der Waals surface area contributed by atoms with Crippen LogP contribution in [0.1, 0.15) is 55.4 Å². The van der Waals surface area contributed by atoms with Crippen LogP contribution in [-0.4, -0.2) is 29.9 Å². The van der Waals surface area contributed by atoms with E-state index >= 15 is 0 Å². The Morgan fingerprint density at radius 2 is 1.81 bits per heavy atom. The van der Waals surface area contributed by atoms with E-state index in [2.05, 4.69) is 15.3 Å². The van der Waals surface area contributed by atoms with E-state index in [-0.39, 0.29) is 24.3 Å². The fourth-order valence-corrected chi connectivity index (χ4v) is 3.97. The lowest BCUT2D eigenvalue weighted by molar-refractivity contribution is -0.125. The average molecular weight is 420 g/mol. The van der Waals surface area contributed by atoms with Crippen molar-refractivity contribution in [3.63, 3.8) is 0 Å². The summed E-state index contributed by atoms with van der Waals surface area (Å²) < 4.78 is 0. The number of aryl methyl sites for hydroxylation is 2. The third kappa shape index (κ3) is 5.25. The van der Waals surface area contributed by atoms with Crippen LogP contribution in [0.2, 0.25) is 0 Å². The summed E-state index contributed by atoms with van der Waals surface area (Å²) >= 11 is 0. The van der Waals surface area contributed by atoms with Gasteiger partial charge in [0.05, 0.1) is 0 Å². The highest BCUT2D eigenvalue weighted by atomic mass is 16.2. The van der Waals surface area contributed by atoms with Crippen LogP contribution < -0.4 is 10.2 Å². The van der Waals surface area contributed by atoms with Gasteiger partial charge in [-0.2, -0.15) is 0 Å². The summed E-state index contributed by atoms with van der Waals surface area (Å²) in [6.07, 6.45) is 0.347. The van der Waals surface area contributed by atoms with Gasteiger partial charge in [0.2, 0.25) is 11.8 Å². The molecule has 2 aromatic carbocycles. The number of hydrogen-bond acceptors (Lipinski definition) is 3. The third-order valence-electron chi connectivity index (χ3n) is 5.35. The van der Waals surface area contributed by atoms with Crippen LogP contribution >= 0.6 is 0 Å². The number of anilines is 1. The van der Waals surface area contributed by atoms with Crippen molar-refractivity contribution >= 4 is 17.5 Å². The molecule has 1 heterocycles. The summed E-state index contributed by atoms with van der Waals surface area (Å²) in [5.41, 5.74) is 13.5. The zero-order chi connectivity index (χ0) is 22.8. The number of carbonyl (C=O) groups excluding carboxylic acids is 2. The number of hydrogen-bond donors (Lipinski definition) is 1. The lowest BCUT2D eigenvalue weighted by atomic mass is 9.85. The van der Waals surface area contributed by atoms with Crippen LogP contribution in [0.4, 0.5) is 5.69 Å². The quantitative estimate of drug-likeness (QED) is 0.439. The van der Waals surface area contributed by atoms with E-state index in [0.29, 0.717) is 12.1 Å². The fraction of sp³-hybridized carbons (Fsp3) is 0.417. The molecule has 0 saturated heterocycles. The molecule has 7 nitrogen and oxygen atoms in total. The molecule has 2 amide bonds. The lowest BCUT2D eigenvalue weighted by Gasteiger charge is -2.27. The molecular weight excluding hydrogens is 390 g/mol. The Balaban J connectivity index is 2.12. The molecular formula is C24H29N5O2. The van der Waals surface area contributed by atoms with Crippen molar-refractivity contribution in [2.45, 2.75) is 58.5 Å². The highest BCUT2D eigenvalue weighted by Gasteiger charge is 2.36. The topological polar surface area (TPSA) is 98.2 Å². The van der Waals surface area contributed by atoms with Gasteiger partial charge in [0, 0.05) is 22.1 Å². The van der Waals surface area contributed by atoms with Crippen LogP contribution in [0.15, 0.2) is 47.6 Å². The molecule has 31 heavy (non-hydrogen) atoms. The molecule has 1 aliphatic heterocycles. The molecule has 0 fully saturated rings. The molecule has 3 rings (SSSR count). The van der Waals surface area contributed by atoms with Crippen LogP contribution in [0, 0.1) is 13.8 Å². The lowest BCUT2D eigenvalue weighted by Crippen LogP contribution is -2.49. The van der Waals surface area contributed by atoms with Gasteiger partial charge in [-0.3, -0.25) is 9.59 Å². The normalized spacial score (nSPS) is 18.6. The first kappa shape index (κ1) is 22.4. The molecule has 1 N–H and O–H groups in total. The van der Waals surface area contributed by atoms with Gasteiger partial charge in [0.25, 0.3) is 0 Å². The predicted octanol–water partition coefficient (Wildman–Crippen LogP) is 4.77. The number of benzene rings is 2. The van der Waals surface area contributed by atoms with Crippen molar-refractivity contribution in [3.8, 4) is 0 Å². The molecule has 0 spiro atoms. The first-order chi connectivity index (χ1) is 14.6. The van der Waals surface area contributed by atoms with Gasteiger partial charge in [-0.1, -0.05) is 47.1 Å². The number of fused-ring (bicyclic) bond motifs is 1. The second kappa shape index (κ2) is 8.82. The average Bonchev–Trinajstić information content (AvgIpc) is 2.78. The maximum Gasteiger partial charge on any atom is 0.240 e. The Bertz CT molecular complexity index is 1030. The minimum absolute atomic E-state index is 0.133. The first-order valence-corrected chi connectivity index (χ1v) is 10.4. The Labute approximate surface area is 183 Å². The zero-order valence-electron chi connectivity index (χ0n) is 18.7. The fourth-order valence-electron chi connectivity index (χ4n) is 3.97. The van der Waals surface area contributed by atoms with Crippen molar-refractivity contribution in [2.75, 3.05) is 11.4 Å². The SMILES string of the molecule is Cc1ccc([C@H]2C[C@@H](N=[N+]=[N-])C(=O)N(CC(=O)NC(C)(C)C)c3cc(C)ccc32)cc1. The molecule has 0 aromatic heterocycles. The van der Waals surface area contributed by atoms with Gasteiger partial charge >= 0.3 is 0 Å². The number of nitrogens with zero attached hydrogens (tertiary/aromatic N) is 4. The summed E-state index contributed by atoms with van der Waals surface area (Å²) in [4.78, 5) is 30.5. The smallest absolute Gasteiger partial charge is 0.240 e. The Hall–Kier alpha value is -3.31. The van der Waals surface area contributed by atoms with E-state index in [4.69, 9.17) is 5.53 Å². The van der Waals surface area contributed by atoms with Crippen molar-refractivity contribution < 1.29 is 9.59 Å². The summed E-state index contributed by atoms with van der Waals surface area (Å²) in [6, 6.07) is 13.2. The van der Waals surface area contributed by atoms with Gasteiger partial charge in [-0.25, -0.2) is 0 Å². The molecule has 162 valence electrons. The largest absolute Gasteiger partial charge is 0.350 e. The van der Waals surface area contributed by atoms with Gasteiger partial charge in [0.1, 0.15) is 12.6 Å². The Morgan fingerprint density at radius 1 is 1.16 bits per heavy atom. The van der Waals surface area contributed by atoms with Crippen LogP contribution in [0.5, 0.6) is 0 Å². The number of carbonyl (C=O) groups is 2. The second-order valence-electron chi connectivity index (χ2n) is 9.20. The Kier molecular flexibility index (Phi) is 6.37. The van der Waals surface area contributed by atoms with E-state index in [1.807, 2.05) is 77.1 Å². The van der Waals surface area contributed by atoms with E-state index in [1.54, 1.807) is 0 Å². The maximum absolute atomic E-state index is 13.4. The summed E-state index contributed by atoms with van der Waals surface area (Å²) in [5, 5.41) is 6.73. The van der Waals surface area contributed by atoms with Gasteiger partial charge in [0.15, 0.2) is 0 Å². The van der Waals surface area contributed by atoms with Crippen LogP contribution in [-0.2, 0) is 9.59 Å². The summed E-state index contributed by atoms with van der Waals surface area (Å²) in [6.45, 7) is 9.52. The van der Waals surface area contributed by atoms with Crippen molar-refractivity contribution in [3.05, 3.63) is 75.2 Å². The first-order valence-electron chi connectivity index (χ1n) is 10.4. The standard InChI is InChI=1S/C24H29N5O2/c1-15-6-9-17(10-7-15)19-13-20(27-28-25)23(31)29(14-22(30)26-24(3,4)5)21-12-16(2)8-11-18(19)21/h6-12,19-20H,13-14H2,1-5H3,(H,26,30)/t19-,20-/m1/s1. The maximum atomic E-state index is 13.4. The highest BCUT2D eigenvalue weighted by molar-refractivity contribution is 6.03.